The molecule has 0 saturated carbocycles. The Labute approximate surface area is 173 Å². The number of carbonyl (C=O) groups is 2. The predicted molar refractivity (Wildman–Crippen MR) is 114 cm³/mol. The molecule has 1 atom stereocenters. The van der Waals surface area contributed by atoms with Gasteiger partial charge in [0, 0.05) is 36.7 Å². The molecule has 0 aliphatic carbocycles. The fourth-order valence-electron chi connectivity index (χ4n) is 4.58. The number of aliphatic carboxylic acids is 1. The van der Waals surface area contributed by atoms with E-state index in [4.69, 9.17) is 4.74 Å². The first-order chi connectivity index (χ1) is 13.3. The molecule has 2 aliphatic heterocycles. The highest BCUT2D eigenvalue weighted by atomic mass is 16.6. The van der Waals surface area contributed by atoms with Crippen molar-refractivity contribution in [2.24, 2.45) is 5.41 Å². The molecular weight excluding hydrogens is 368 g/mol. The van der Waals surface area contributed by atoms with Crippen LogP contribution in [-0.2, 0) is 9.53 Å². The van der Waals surface area contributed by atoms with Crippen molar-refractivity contribution in [1.82, 2.24) is 9.38 Å². The number of hydrogen-bond acceptors (Lipinski definition) is 3. The van der Waals surface area contributed by atoms with E-state index in [1.165, 1.54) is 16.8 Å². The first kappa shape index (κ1) is 21.4. The van der Waals surface area contributed by atoms with Gasteiger partial charge in [0.05, 0.1) is 7.05 Å². The van der Waals surface area contributed by atoms with E-state index >= 15 is 0 Å². The molecule has 1 unspecified atom stereocenters. The second-order valence-electron chi connectivity index (χ2n) is 9.95. The van der Waals surface area contributed by atoms with E-state index in [9.17, 15) is 14.7 Å². The Bertz CT molecular complexity index is 866. The molecule has 0 radical (unpaired) electrons. The number of nitrogens with zero attached hydrogens (tertiary/aromatic N) is 2. The van der Waals surface area contributed by atoms with Crippen LogP contribution in [0.1, 0.15) is 53.0 Å². The first-order valence-corrected chi connectivity index (χ1v) is 10.2. The number of carbonyl (C=O) groups excluding carboxylic acids is 1. The average molecular weight is 402 g/mol. The average Bonchev–Trinajstić information content (AvgIpc) is 2.75. The Morgan fingerprint density at radius 1 is 1.10 bits per heavy atom. The molecule has 29 heavy (non-hydrogen) atoms. The zero-order valence-corrected chi connectivity index (χ0v) is 18.4. The smallest absolute Gasteiger partial charge is 0.410 e. The van der Waals surface area contributed by atoms with Crippen LogP contribution in [0, 0.1) is 5.41 Å². The van der Waals surface area contributed by atoms with Crippen LogP contribution in [0.25, 0.3) is 5.57 Å². The highest BCUT2D eigenvalue weighted by Crippen LogP contribution is 2.49. The van der Waals surface area contributed by atoms with Gasteiger partial charge in [-0.3, -0.25) is 9.28 Å². The lowest BCUT2D eigenvalue weighted by atomic mass is 9.91. The number of amides is 1. The second kappa shape index (κ2) is 7.17. The number of fused-ring (bicyclic) bond motifs is 2. The van der Waals surface area contributed by atoms with Gasteiger partial charge in [0.25, 0.3) is 0 Å². The van der Waals surface area contributed by atoms with Gasteiger partial charge in [0.1, 0.15) is 28.9 Å². The van der Waals surface area contributed by atoms with E-state index in [-0.39, 0.29) is 6.09 Å². The van der Waals surface area contributed by atoms with Crippen LogP contribution in [0.2, 0.25) is 0 Å². The molecule has 1 amide bonds. The summed E-state index contributed by atoms with van der Waals surface area (Å²) in [6.45, 7) is 10.8. The van der Waals surface area contributed by atoms with Gasteiger partial charge in [-0.1, -0.05) is 12.1 Å². The van der Waals surface area contributed by atoms with Crippen LogP contribution < -0.4 is 4.48 Å². The minimum atomic E-state index is -0.874. The standard InChI is InChI=1S/C23H32N2O4/c1-22(2,3)29-21(28)24-13-11-17-16-9-7-8-10-18(16)25(6,19(17)12-14-24)15-23(4,5)20(26)27/h7-10H,11-15H2,1-6H3/p+1. The number of ether oxygens (including phenoxy) is 1. The van der Waals surface area contributed by atoms with Crippen molar-refractivity contribution in [3.8, 4) is 0 Å². The molecule has 0 bridgehead atoms. The highest BCUT2D eigenvalue weighted by Gasteiger charge is 2.48. The van der Waals surface area contributed by atoms with E-state index in [2.05, 4.69) is 19.2 Å². The Morgan fingerprint density at radius 3 is 2.34 bits per heavy atom. The van der Waals surface area contributed by atoms with Gasteiger partial charge in [-0.2, -0.15) is 0 Å². The van der Waals surface area contributed by atoms with E-state index in [0.29, 0.717) is 30.5 Å². The van der Waals surface area contributed by atoms with Crippen LogP contribution in [0.5, 0.6) is 0 Å². The molecule has 2 aliphatic rings. The lowest BCUT2D eigenvalue weighted by Gasteiger charge is -2.38. The summed E-state index contributed by atoms with van der Waals surface area (Å²) in [4.78, 5) is 26.3. The van der Waals surface area contributed by atoms with Crippen LogP contribution in [0.3, 0.4) is 0 Å². The molecular formula is C23H33N2O4+. The summed E-state index contributed by atoms with van der Waals surface area (Å²) < 4.78 is 6.05. The summed E-state index contributed by atoms with van der Waals surface area (Å²) in [5.41, 5.74) is 3.39. The topological polar surface area (TPSA) is 66.8 Å². The molecule has 2 heterocycles. The third-order valence-electron chi connectivity index (χ3n) is 5.90. The molecule has 0 aromatic heterocycles. The van der Waals surface area contributed by atoms with Gasteiger partial charge in [-0.15, -0.1) is 0 Å². The van der Waals surface area contributed by atoms with Crippen LogP contribution in [0.15, 0.2) is 30.0 Å². The minimum absolute atomic E-state index is 0.285. The lowest BCUT2D eigenvalue weighted by Crippen LogP contribution is -2.51. The van der Waals surface area contributed by atoms with E-state index in [1.807, 2.05) is 32.9 Å². The highest BCUT2D eigenvalue weighted by molar-refractivity contribution is 5.87. The summed E-state index contributed by atoms with van der Waals surface area (Å²) in [5.74, 6) is -0.799. The van der Waals surface area contributed by atoms with Crippen molar-refractivity contribution >= 4 is 23.3 Å². The van der Waals surface area contributed by atoms with Gasteiger partial charge in [0.2, 0.25) is 0 Å². The lowest BCUT2D eigenvalue weighted by molar-refractivity contribution is -0.147. The number of carboxylic acid groups (broad SMARTS) is 1. The van der Waals surface area contributed by atoms with Crippen LogP contribution in [0.4, 0.5) is 10.5 Å². The van der Waals surface area contributed by atoms with Crippen molar-refractivity contribution in [3.63, 3.8) is 0 Å². The third-order valence-corrected chi connectivity index (χ3v) is 5.90. The normalized spacial score (nSPS) is 22.1. The Hall–Kier alpha value is -2.34. The molecule has 3 rings (SSSR count). The Kier molecular flexibility index (Phi) is 5.28. The monoisotopic (exact) mass is 401 g/mol. The number of benzene rings is 1. The molecule has 1 aromatic rings. The zero-order chi connectivity index (χ0) is 21.6. The summed E-state index contributed by atoms with van der Waals surface area (Å²) in [5, 5.41) is 9.74. The number of carboxylic acids is 1. The van der Waals surface area contributed by atoms with Gasteiger partial charge < -0.3 is 14.7 Å². The van der Waals surface area contributed by atoms with Crippen molar-refractivity contribution in [2.75, 3.05) is 26.7 Å². The maximum Gasteiger partial charge on any atom is 0.410 e. The molecule has 1 aromatic carbocycles. The molecule has 6 heteroatoms. The SMILES string of the molecule is CC(C)(C)OC(=O)N1CCC2=C(CC1)[N+](C)(CC(C)(C)C(=O)O)c1ccccc12. The largest absolute Gasteiger partial charge is 0.481 e. The Balaban J connectivity index is 1.94. The molecule has 6 nitrogen and oxygen atoms in total. The van der Waals surface area contributed by atoms with E-state index in [0.717, 1.165) is 12.1 Å². The number of rotatable bonds is 3. The maximum absolute atomic E-state index is 12.6. The quantitative estimate of drug-likeness (QED) is 0.758. The van der Waals surface area contributed by atoms with Crippen molar-refractivity contribution in [2.45, 2.75) is 53.1 Å². The van der Waals surface area contributed by atoms with E-state index < -0.39 is 17.0 Å². The summed E-state index contributed by atoms with van der Waals surface area (Å²) >= 11 is 0. The van der Waals surface area contributed by atoms with Crippen molar-refractivity contribution in [3.05, 3.63) is 35.5 Å². The van der Waals surface area contributed by atoms with Gasteiger partial charge >= 0.3 is 12.1 Å². The van der Waals surface area contributed by atoms with Crippen LogP contribution in [-0.4, -0.2) is 54.4 Å². The molecule has 158 valence electrons. The minimum Gasteiger partial charge on any atom is -0.481 e. The van der Waals surface area contributed by atoms with Gasteiger partial charge in [-0.25, -0.2) is 4.79 Å². The molecule has 0 saturated heterocycles. The van der Waals surface area contributed by atoms with Crippen molar-refractivity contribution in [1.29, 1.82) is 0 Å². The maximum atomic E-state index is 12.6. The zero-order valence-electron chi connectivity index (χ0n) is 18.4. The number of para-hydroxylation sites is 1. The van der Waals surface area contributed by atoms with Crippen molar-refractivity contribution < 1.29 is 19.4 Å². The first-order valence-electron chi connectivity index (χ1n) is 10.2. The van der Waals surface area contributed by atoms with E-state index in [1.54, 1.807) is 18.7 Å². The van der Waals surface area contributed by atoms with Gasteiger partial charge in [-0.05, 0) is 47.1 Å². The Morgan fingerprint density at radius 2 is 1.72 bits per heavy atom. The third kappa shape index (κ3) is 4.04. The molecule has 0 spiro atoms. The molecule has 1 N–H and O–H groups in total. The summed E-state index contributed by atoms with van der Waals surface area (Å²) in [6, 6.07) is 8.26. The number of hydrogen-bond donors (Lipinski definition) is 1. The summed E-state index contributed by atoms with van der Waals surface area (Å²) in [6.07, 6.45) is 1.16. The number of quaternary nitrogens is 1. The fraction of sp³-hybridized carbons (Fsp3) is 0.565. The van der Waals surface area contributed by atoms with Gasteiger partial charge in [0.15, 0.2) is 0 Å². The predicted octanol–water partition coefficient (Wildman–Crippen LogP) is 4.49. The second-order valence-corrected chi connectivity index (χ2v) is 9.95. The summed E-state index contributed by atoms with van der Waals surface area (Å²) in [7, 11) is 2.11. The fourth-order valence-corrected chi connectivity index (χ4v) is 4.58. The molecule has 0 fully saturated rings. The van der Waals surface area contributed by atoms with Crippen LogP contribution >= 0.6 is 0 Å².